The van der Waals surface area contributed by atoms with Crippen molar-refractivity contribution in [2.75, 3.05) is 0 Å². The van der Waals surface area contributed by atoms with E-state index in [0.29, 0.717) is 11.8 Å². The second-order valence-corrected chi connectivity index (χ2v) is 5.12. The Morgan fingerprint density at radius 2 is 1.67 bits per heavy atom. The van der Waals surface area contributed by atoms with E-state index in [4.69, 9.17) is 39.5 Å². The first-order valence-corrected chi connectivity index (χ1v) is 6.61. The van der Waals surface area contributed by atoms with Crippen molar-refractivity contribution in [3.63, 3.8) is 0 Å². The molecule has 0 fully saturated rings. The van der Waals surface area contributed by atoms with Crippen molar-refractivity contribution < 1.29 is 14.5 Å². The summed E-state index contributed by atoms with van der Waals surface area (Å²) in [5, 5.41) is 11.3. The van der Waals surface area contributed by atoms with Crippen LogP contribution in [0.1, 0.15) is 10.4 Å². The van der Waals surface area contributed by atoms with E-state index in [0.717, 1.165) is 6.07 Å². The third-order valence-corrected chi connectivity index (χ3v) is 3.53. The summed E-state index contributed by atoms with van der Waals surface area (Å²) >= 11 is 17.5. The lowest BCUT2D eigenvalue weighted by molar-refractivity contribution is -0.385. The SMILES string of the molecule is O=Cc1ccc(Oc2cc(Cl)c(Cl)cc2[N+](=O)[O-])c(Cl)c1. The van der Waals surface area contributed by atoms with Crippen LogP contribution in [-0.4, -0.2) is 11.2 Å². The fourth-order valence-corrected chi connectivity index (χ4v) is 2.07. The first-order valence-electron chi connectivity index (χ1n) is 5.48. The van der Waals surface area contributed by atoms with E-state index in [9.17, 15) is 14.9 Å². The molecule has 0 bridgehead atoms. The molecule has 2 aromatic carbocycles. The number of hydrogen-bond donors (Lipinski definition) is 0. The van der Waals surface area contributed by atoms with Gasteiger partial charge in [-0.2, -0.15) is 0 Å². The molecule has 0 saturated heterocycles. The van der Waals surface area contributed by atoms with Crippen LogP contribution in [0.5, 0.6) is 11.5 Å². The van der Waals surface area contributed by atoms with Crippen molar-refractivity contribution in [2.24, 2.45) is 0 Å². The number of carbonyl (C=O) groups is 1. The summed E-state index contributed by atoms with van der Waals surface area (Å²) in [6.45, 7) is 0. The molecule has 0 amide bonds. The summed E-state index contributed by atoms with van der Waals surface area (Å²) < 4.78 is 5.40. The molecule has 0 radical (unpaired) electrons. The maximum absolute atomic E-state index is 11.0. The number of ether oxygens (including phenoxy) is 1. The Morgan fingerprint density at radius 3 is 2.24 bits per heavy atom. The van der Waals surface area contributed by atoms with E-state index in [-0.39, 0.29) is 32.3 Å². The van der Waals surface area contributed by atoms with Crippen LogP contribution < -0.4 is 4.74 Å². The highest BCUT2D eigenvalue weighted by Crippen LogP contribution is 2.39. The number of nitro benzene ring substituents is 1. The number of carbonyl (C=O) groups excluding carboxylic acids is 1. The average molecular weight is 347 g/mol. The van der Waals surface area contributed by atoms with Crippen LogP contribution in [0.2, 0.25) is 15.1 Å². The first-order chi connectivity index (χ1) is 9.92. The van der Waals surface area contributed by atoms with E-state index < -0.39 is 4.92 Å². The van der Waals surface area contributed by atoms with E-state index in [1.807, 2.05) is 0 Å². The van der Waals surface area contributed by atoms with E-state index in [1.165, 1.54) is 24.3 Å². The number of nitrogens with zero attached hydrogens (tertiary/aromatic N) is 1. The van der Waals surface area contributed by atoms with Crippen molar-refractivity contribution >= 4 is 46.8 Å². The molecular weight excluding hydrogens is 341 g/mol. The van der Waals surface area contributed by atoms with Gasteiger partial charge in [-0.05, 0) is 18.2 Å². The highest BCUT2D eigenvalue weighted by Gasteiger charge is 2.20. The molecule has 5 nitrogen and oxygen atoms in total. The molecule has 108 valence electrons. The number of halogens is 3. The summed E-state index contributed by atoms with van der Waals surface area (Å²) in [5.41, 5.74) is 0.0101. The third kappa shape index (κ3) is 3.44. The normalized spacial score (nSPS) is 10.2. The van der Waals surface area contributed by atoms with Gasteiger partial charge in [0.15, 0.2) is 0 Å². The number of aldehydes is 1. The van der Waals surface area contributed by atoms with Crippen LogP contribution in [0.15, 0.2) is 30.3 Å². The summed E-state index contributed by atoms with van der Waals surface area (Å²) in [6, 6.07) is 6.60. The number of benzene rings is 2. The maximum atomic E-state index is 11.0. The van der Waals surface area contributed by atoms with Gasteiger partial charge in [-0.15, -0.1) is 0 Å². The lowest BCUT2D eigenvalue weighted by Gasteiger charge is -2.09. The summed E-state index contributed by atoms with van der Waals surface area (Å²) in [4.78, 5) is 21.0. The van der Waals surface area contributed by atoms with E-state index in [1.54, 1.807) is 0 Å². The van der Waals surface area contributed by atoms with E-state index >= 15 is 0 Å². The molecular formula is C13H6Cl3NO4. The number of hydrogen-bond acceptors (Lipinski definition) is 4. The molecule has 8 heteroatoms. The van der Waals surface area contributed by atoms with Gasteiger partial charge in [-0.1, -0.05) is 34.8 Å². The lowest BCUT2D eigenvalue weighted by Crippen LogP contribution is -1.95. The standard InChI is InChI=1S/C13H6Cl3NO4/c14-8-4-11(17(19)20)13(5-9(8)15)21-12-2-1-7(6-18)3-10(12)16/h1-6H. The summed E-state index contributed by atoms with van der Waals surface area (Å²) in [5.74, 6) is 0.0545. The third-order valence-electron chi connectivity index (χ3n) is 2.51. The fraction of sp³-hybridized carbons (Fsp3) is 0. The highest BCUT2D eigenvalue weighted by atomic mass is 35.5. The Bertz CT molecular complexity index is 734. The van der Waals surface area contributed by atoms with Crippen LogP contribution in [0.4, 0.5) is 5.69 Å². The summed E-state index contributed by atoms with van der Waals surface area (Å²) in [7, 11) is 0. The molecule has 0 atom stereocenters. The Hall–Kier alpha value is -1.82. The van der Waals surface area contributed by atoms with E-state index in [2.05, 4.69) is 0 Å². The molecule has 0 aliphatic carbocycles. The van der Waals surface area contributed by atoms with Gasteiger partial charge in [0.05, 0.1) is 20.0 Å². The minimum atomic E-state index is -0.648. The minimum absolute atomic E-state index is 0.0399. The average Bonchev–Trinajstić information content (AvgIpc) is 2.44. The monoisotopic (exact) mass is 345 g/mol. The Balaban J connectivity index is 2.46. The molecule has 0 N–H and O–H groups in total. The van der Waals surface area contributed by atoms with Gasteiger partial charge in [-0.25, -0.2) is 0 Å². The topological polar surface area (TPSA) is 69.4 Å². The Labute approximate surface area is 134 Å². The Kier molecular flexibility index (Phi) is 4.67. The Morgan fingerprint density at radius 1 is 1.00 bits per heavy atom. The molecule has 0 unspecified atom stereocenters. The van der Waals surface area contributed by atoms with Gasteiger partial charge < -0.3 is 4.74 Å². The largest absolute Gasteiger partial charge is 0.448 e. The molecule has 0 saturated carbocycles. The predicted molar refractivity (Wildman–Crippen MR) is 80.0 cm³/mol. The fourth-order valence-electron chi connectivity index (χ4n) is 1.53. The van der Waals surface area contributed by atoms with Crippen LogP contribution in [-0.2, 0) is 0 Å². The quantitative estimate of drug-likeness (QED) is 0.435. The maximum Gasteiger partial charge on any atom is 0.313 e. The zero-order valence-corrected chi connectivity index (χ0v) is 12.4. The van der Waals surface area contributed by atoms with Crippen LogP contribution in [0.25, 0.3) is 0 Å². The van der Waals surface area contributed by atoms with Crippen molar-refractivity contribution in [3.8, 4) is 11.5 Å². The van der Waals surface area contributed by atoms with Gasteiger partial charge in [0.1, 0.15) is 12.0 Å². The predicted octanol–water partition coefficient (Wildman–Crippen LogP) is 5.16. The molecule has 0 aromatic heterocycles. The summed E-state index contributed by atoms with van der Waals surface area (Å²) in [6.07, 6.45) is 0.622. The van der Waals surface area contributed by atoms with Gasteiger partial charge in [0, 0.05) is 17.7 Å². The molecule has 0 spiro atoms. The lowest BCUT2D eigenvalue weighted by atomic mass is 10.2. The van der Waals surface area contributed by atoms with Crippen LogP contribution >= 0.6 is 34.8 Å². The second-order valence-electron chi connectivity index (χ2n) is 3.90. The zero-order valence-electron chi connectivity index (χ0n) is 10.2. The number of nitro groups is 1. The minimum Gasteiger partial charge on any atom is -0.448 e. The molecule has 2 aromatic rings. The highest BCUT2D eigenvalue weighted by molar-refractivity contribution is 6.42. The van der Waals surface area contributed by atoms with Gasteiger partial charge >= 0.3 is 5.69 Å². The molecule has 21 heavy (non-hydrogen) atoms. The van der Waals surface area contributed by atoms with Crippen LogP contribution in [0, 0.1) is 10.1 Å². The van der Waals surface area contributed by atoms with Gasteiger partial charge in [0.25, 0.3) is 0 Å². The second kappa shape index (κ2) is 6.30. The van der Waals surface area contributed by atoms with Gasteiger partial charge in [0.2, 0.25) is 5.75 Å². The number of rotatable bonds is 4. The van der Waals surface area contributed by atoms with Crippen LogP contribution in [0.3, 0.4) is 0 Å². The first kappa shape index (κ1) is 15.6. The smallest absolute Gasteiger partial charge is 0.313 e. The van der Waals surface area contributed by atoms with Crippen molar-refractivity contribution in [1.29, 1.82) is 0 Å². The zero-order chi connectivity index (χ0) is 15.6. The van der Waals surface area contributed by atoms with Crippen molar-refractivity contribution in [2.45, 2.75) is 0 Å². The molecule has 0 aliphatic rings. The molecule has 0 heterocycles. The van der Waals surface area contributed by atoms with Gasteiger partial charge in [-0.3, -0.25) is 14.9 Å². The molecule has 0 aliphatic heterocycles. The van der Waals surface area contributed by atoms with Crippen molar-refractivity contribution in [1.82, 2.24) is 0 Å². The molecule has 2 rings (SSSR count). The van der Waals surface area contributed by atoms with Crippen molar-refractivity contribution in [3.05, 3.63) is 61.1 Å².